The zero-order valence-electron chi connectivity index (χ0n) is 19.0. The van der Waals surface area contributed by atoms with Crippen LogP contribution in [0.2, 0.25) is 0 Å². The average Bonchev–Trinajstić information content (AvgIpc) is 2.79. The molecule has 0 heterocycles. The van der Waals surface area contributed by atoms with Crippen molar-refractivity contribution in [3.63, 3.8) is 0 Å². The van der Waals surface area contributed by atoms with E-state index in [1.807, 2.05) is 13.8 Å². The topological polar surface area (TPSA) is 106 Å². The first kappa shape index (κ1) is 31.0. The molecule has 6 nitrogen and oxygen atoms in total. The van der Waals surface area contributed by atoms with E-state index in [4.69, 9.17) is 17.3 Å². The molecule has 0 spiro atoms. The number of nitrogen functional groups attached to an aromatic ring is 1. The van der Waals surface area contributed by atoms with E-state index >= 15 is 0 Å². The van der Waals surface area contributed by atoms with Crippen molar-refractivity contribution in [2.45, 2.75) is 27.7 Å². The number of Topliss-reactive ketones (excluding diaryl/α,β-unsaturated/α-hetero) is 2. The van der Waals surface area contributed by atoms with E-state index in [1.165, 1.54) is 0 Å². The highest BCUT2D eigenvalue weighted by Gasteiger charge is 2.08. The summed E-state index contributed by atoms with van der Waals surface area (Å²) in [5, 5.41) is 3.16. The van der Waals surface area contributed by atoms with Gasteiger partial charge in [-0.1, -0.05) is 59.6 Å². The monoisotopic (exact) mass is 602 g/mol. The third-order valence-electron chi connectivity index (χ3n) is 3.93. The van der Waals surface area contributed by atoms with Gasteiger partial charge in [-0.25, -0.2) is 0 Å². The van der Waals surface area contributed by atoms with E-state index in [1.54, 1.807) is 62.4 Å². The first-order chi connectivity index (χ1) is 15.4. The Bertz CT molecular complexity index is 915. The summed E-state index contributed by atoms with van der Waals surface area (Å²) < 4.78 is 0. The van der Waals surface area contributed by atoms with Crippen molar-refractivity contribution >= 4 is 77.6 Å². The Kier molecular flexibility index (Phi) is 15.5. The van der Waals surface area contributed by atoms with Crippen LogP contribution in [0.15, 0.2) is 48.5 Å². The molecule has 2 aromatic carbocycles. The van der Waals surface area contributed by atoms with Crippen molar-refractivity contribution in [2.75, 3.05) is 21.7 Å². The number of halogens is 3. The number of alkyl halides is 2. The zero-order valence-corrected chi connectivity index (χ0v) is 23.0. The van der Waals surface area contributed by atoms with E-state index in [2.05, 4.69) is 37.2 Å². The highest BCUT2D eigenvalue weighted by molar-refractivity contribution is 9.09. The molecule has 0 aliphatic heterocycles. The van der Waals surface area contributed by atoms with E-state index in [-0.39, 0.29) is 34.6 Å². The van der Waals surface area contributed by atoms with Crippen LogP contribution in [0.5, 0.6) is 0 Å². The number of hydrogen-bond donors (Lipinski definition) is 2. The van der Waals surface area contributed by atoms with Gasteiger partial charge >= 0.3 is 0 Å². The van der Waals surface area contributed by atoms with Crippen LogP contribution in [-0.4, -0.2) is 33.4 Å². The number of carbonyl (C=O) groups excluding carboxylic acids is 4. The van der Waals surface area contributed by atoms with E-state index in [0.29, 0.717) is 33.2 Å². The molecule has 33 heavy (non-hydrogen) atoms. The lowest BCUT2D eigenvalue weighted by atomic mass is 10.1. The first-order valence-electron chi connectivity index (χ1n) is 10.1. The van der Waals surface area contributed by atoms with Crippen LogP contribution in [0, 0.1) is 11.8 Å². The van der Waals surface area contributed by atoms with Gasteiger partial charge in [-0.3, -0.25) is 19.2 Å². The minimum atomic E-state index is -0.269. The summed E-state index contributed by atoms with van der Waals surface area (Å²) in [7, 11) is 0. The summed E-state index contributed by atoms with van der Waals surface area (Å²) in [6.45, 7) is 7.18. The second kappa shape index (κ2) is 16.6. The highest BCUT2D eigenvalue weighted by atomic mass is 79.9. The van der Waals surface area contributed by atoms with Crippen LogP contribution in [0.1, 0.15) is 48.4 Å². The van der Waals surface area contributed by atoms with Gasteiger partial charge in [0.05, 0.1) is 10.7 Å². The lowest BCUT2D eigenvalue weighted by molar-refractivity contribution is -0.119. The quantitative estimate of drug-likeness (QED) is 0.172. The predicted octanol–water partition coefficient (Wildman–Crippen LogP) is 6.11. The lowest BCUT2D eigenvalue weighted by Crippen LogP contribution is -2.17. The third kappa shape index (κ3) is 13.3. The van der Waals surface area contributed by atoms with E-state index < -0.39 is 0 Å². The summed E-state index contributed by atoms with van der Waals surface area (Å²) in [5.74, 6) is 0.00169. The molecular formula is C24H29Br2ClN2O4. The van der Waals surface area contributed by atoms with Crippen molar-refractivity contribution in [2.24, 2.45) is 11.8 Å². The fourth-order valence-electron chi connectivity index (χ4n) is 1.85. The molecule has 3 N–H and O–H groups in total. The van der Waals surface area contributed by atoms with Gasteiger partial charge in [0.15, 0.2) is 11.6 Å². The van der Waals surface area contributed by atoms with Crippen LogP contribution in [-0.2, 0) is 9.59 Å². The molecular weight excluding hydrogens is 576 g/mol. The minimum absolute atomic E-state index is 0.0216. The maximum absolute atomic E-state index is 11.4. The first-order valence-corrected chi connectivity index (χ1v) is 12.7. The molecule has 0 saturated carbocycles. The number of carbonyl (C=O) groups is 4. The largest absolute Gasteiger partial charge is 0.399 e. The van der Waals surface area contributed by atoms with Crippen LogP contribution < -0.4 is 11.1 Å². The number of amides is 1. The van der Waals surface area contributed by atoms with Crippen molar-refractivity contribution in [1.29, 1.82) is 0 Å². The molecule has 0 saturated heterocycles. The van der Waals surface area contributed by atoms with Gasteiger partial charge in [0.25, 0.3) is 0 Å². The molecule has 2 aromatic rings. The van der Waals surface area contributed by atoms with E-state index in [9.17, 15) is 19.2 Å². The van der Waals surface area contributed by atoms with Crippen molar-refractivity contribution in [1.82, 2.24) is 0 Å². The maximum Gasteiger partial charge on any atom is 0.226 e. The Morgan fingerprint density at radius 2 is 1.15 bits per heavy atom. The molecule has 0 radical (unpaired) electrons. The smallest absolute Gasteiger partial charge is 0.226 e. The Morgan fingerprint density at radius 1 is 0.788 bits per heavy atom. The Hall–Kier alpha value is -2.03. The molecule has 0 aromatic heterocycles. The van der Waals surface area contributed by atoms with Gasteiger partial charge < -0.3 is 11.1 Å². The Morgan fingerprint density at radius 3 is 1.45 bits per heavy atom. The van der Waals surface area contributed by atoms with Crippen molar-refractivity contribution < 1.29 is 19.2 Å². The summed E-state index contributed by atoms with van der Waals surface area (Å²) in [5.41, 5.74) is 8.16. The molecule has 9 heteroatoms. The molecule has 2 rings (SSSR count). The average molecular weight is 605 g/mol. The van der Waals surface area contributed by atoms with Crippen LogP contribution in [0.4, 0.5) is 11.4 Å². The SMILES string of the molecule is CC(C)C(=O)Cl.CC(C)C(=O)Nc1ccc(C(=O)CBr)cc1.Nc1ccc(C(=O)CBr)cc1. The summed E-state index contributed by atoms with van der Waals surface area (Å²) in [6.07, 6.45) is 0. The predicted molar refractivity (Wildman–Crippen MR) is 143 cm³/mol. The fraction of sp³-hybridized carbons (Fsp3) is 0.333. The molecule has 1 amide bonds. The number of rotatable bonds is 7. The normalized spacial score (nSPS) is 9.85. The second-order valence-electron chi connectivity index (χ2n) is 7.42. The van der Waals surface area contributed by atoms with Gasteiger partial charge in [0, 0.05) is 34.3 Å². The highest BCUT2D eigenvalue weighted by Crippen LogP contribution is 2.12. The Labute approximate surface area is 216 Å². The standard InChI is InChI=1S/C12H14BrNO2.C8H8BrNO.C4H7ClO/c1-8(2)12(16)14-10-5-3-9(4-6-10)11(15)7-13;9-5-8(11)6-1-3-7(10)4-2-6;1-3(2)4(5)6/h3-6,8H,7H2,1-2H3,(H,14,16);1-4H,5,10H2;3H,1-2H3. The molecule has 0 fully saturated rings. The van der Waals surface area contributed by atoms with Gasteiger partial charge in [0.2, 0.25) is 11.1 Å². The lowest BCUT2D eigenvalue weighted by Gasteiger charge is -2.07. The van der Waals surface area contributed by atoms with Gasteiger partial charge in [-0.05, 0) is 60.1 Å². The molecule has 0 bridgehead atoms. The van der Waals surface area contributed by atoms with Gasteiger partial charge in [-0.2, -0.15) is 0 Å². The van der Waals surface area contributed by atoms with Crippen LogP contribution >= 0.6 is 43.5 Å². The molecule has 0 atom stereocenters. The number of nitrogens with two attached hydrogens (primary N) is 1. The summed E-state index contributed by atoms with van der Waals surface area (Å²) in [6, 6.07) is 13.8. The van der Waals surface area contributed by atoms with Crippen LogP contribution in [0.25, 0.3) is 0 Å². The molecule has 180 valence electrons. The molecule has 0 aliphatic carbocycles. The van der Waals surface area contributed by atoms with Gasteiger partial charge in [0.1, 0.15) is 0 Å². The number of anilines is 2. The third-order valence-corrected chi connectivity index (χ3v) is 5.38. The number of hydrogen-bond acceptors (Lipinski definition) is 5. The Balaban J connectivity index is 0.000000520. The van der Waals surface area contributed by atoms with E-state index in [0.717, 1.165) is 0 Å². The summed E-state index contributed by atoms with van der Waals surface area (Å²) in [4.78, 5) is 43.7. The number of benzene rings is 2. The minimum Gasteiger partial charge on any atom is -0.399 e. The number of ketones is 2. The van der Waals surface area contributed by atoms with Crippen molar-refractivity contribution in [3.8, 4) is 0 Å². The van der Waals surface area contributed by atoms with Crippen molar-refractivity contribution in [3.05, 3.63) is 59.7 Å². The van der Waals surface area contributed by atoms with Crippen LogP contribution in [0.3, 0.4) is 0 Å². The summed E-state index contributed by atoms with van der Waals surface area (Å²) >= 11 is 11.2. The molecule has 0 aliphatic rings. The van der Waals surface area contributed by atoms with Gasteiger partial charge in [-0.15, -0.1) is 0 Å². The number of nitrogens with one attached hydrogen (secondary N) is 1. The maximum atomic E-state index is 11.4. The fourth-order valence-corrected chi connectivity index (χ4v) is 2.50. The molecule has 0 unspecified atom stereocenters. The second-order valence-corrected chi connectivity index (χ2v) is 8.91. The zero-order chi connectivity index (χ0) is 25.6.